The number of rotatable bonds is 2. The van der Waals surface area contributed by atoms with E-state index in [0.29, 0.717) is 5.92 Å². The second-order valence-electron chi connectivity index (χ2n) is 4.34. The molecule has 1 aromatic rings. The minimum absolute atomic E-state index is 0.561. The fraction of sp³-hybridized carbons (Fsp3) is 0.727. The molecular weight excluding hydrogens is 174 g/mol. The molecule has 0 aromatic carbocycles. The largest absolute Gasteiger partial charge is 0.344 e. The van der Waals surface area contributed by atoms with E-state index in [1.165, 1.54) is 17.2 Å². The third-order valence-electron chi connectivity index (χ3n) is 3.12. The molecule has 1 aliphatic rings. The lowest BCUT2D eigenvalue weighted by molar-refractivity contribution is 0.307. The molecular formula is C11H19N3. The van der Waals surface area contributed by atoms with Crippen molar-refractivity contribution in [2.24, 2.45) is 0 Å². The van der Waals surface area contributed by atoms with Crippen LogP contribution >= 0.6 is 0 Å². The van der Waals surface area contributed by atoms with E-state index in [1.54, 1.807) is 0 Å². The van der Waals surface area contributed by atoms with Gasteiger partial charge in [-0.05, 0) is 13.5 Å². The van der Waals surface area contributed by atoms with Gasteiger partial charge in [0.05, 0.1) is 11.4 Å². The van der Waals surface area contributed by atoms with Crippen molar-refractivity contribution in [1.29, 1.82) is 0 Å². The molecule has 0 saturated heterocycles. The van der Waals surface area contributed by atoms with E-state index in [9.17, 15) is 0 Å². The monoisotopic (exact) mass is 193 g/mol. The standard InChI is InChI=1S/C11H19N3/c1-4-8(2)11-12-9-5-6-14(3)7-10(9)13-11/h8H,4-7H2,1-3H3,(H,12,13). The van der Waals surface area contributed by atoms with Gasteiger partial charge in [0, 0.05) is 25.4 Å². The second-order valence-corrected chi connectivity index (χ2v) is 4.34. The fourth-order valence-electron chi connectivity index (χ4n) is 1.88. The lowest BCUT2D eigenvalue weighted by Gasteiger charge is -2.20. The average Bonchev–Trinajstić information content (AvgIpc) is 2.59. The summed E-state index contributed by atoms with van der Waals surface area (Å²) in [6.07, 6.45) is 2.25. The molecule has 1 atom stereocenters. The van der Waals surface area contributed by atoms with Crippen molar-refractivity contribution < 1.29 is 0 Å². The van der Waals surface area contributed by atoms with Crippen LogP contribution in [0.25, 0.3) is 0 Å². The smallest absolute Gasteiger partial charge is 0.109 e. The number of likely N-dealkylation sites (N-methyl/N-ethyl adjacent to an activating group) is 1. The van der Waals surface area contributed by atoms with Crippen LogP contribution in [0.4, 0.5) is 0 Å². The number of hydrogen-bond donors (Lipinski definition) is 1. The summed E-state index contributed by atoms with van der Waals surface area (Å²) >= 11 is 0. The first-order chi connectivity index (χ1) is 6.70. The van der Waals surface area contributed by atoms with Crippen LogP contribution in [0.1, 0.15) is 43.4 Å². The number of aromatic nitrogens is 2. The molecule has 14 heavy (non-hydrogen) atoms. The minimum Gasteiger partial charge on any atom is -0.344 e. The predicted octanol–water partition coefficient (Wildman–Crippen LogP) is 1.91. The molecule has 0 saturated carbocycles. The summed E-state index contributed by atoms with van der Waals surface area (Å²) in [5.41, 5.74) is 2.62. The Kier molecular flexibility index (Phi) is 2.59. The van der Waals surface area contributed by atoms with Crippen LogP contribution in [-0.2, 0) is 13.0 Å². The van der Waals surface area contributed by atoms with Crippen molar-refractivity contribution in [2.75, 3.05) is 13.6 Å². The minimum atomic E-state index is 0.561. The first-order valence-corrected chi connectivity index (χ1v) is 5.47. The van der Waals surface area contributed by atoms with Gasteiger partial charge in [-0.25, -0.2) is 4.98 Å². The van der Waals surface area contributed by atoms with E-state index >= 15 is 0 Å². The molecule has 2 heterocycles. The van der Waals surface area contributed by atoms with Gasteiger partial charge in [-0.2, -0.15) is 0 Å². The van der Waals surface area contributed by atoms with Gasteiger partial charge in [0.1, 0.15) is 5.82 Å². The third kappa shape index (κ3) is 1.69. The molecule has 1 aromatic heterocycles. The highest BCUT2D eigenvalue weighted by molar-refractivity contribution is 5.19. The first-order valence-electron chi connectivity index (χ1n) is 5.47. The second kappa shape index (κ2) is 3.73. The summed E-state index contributed by atoms with van der Waals surface area (Å²) in [6, 6.07) is 0. The summed E-state index contributed by atoms with van der Waals surface area (Å²) in [5.74, 6) is 1.73. The van der Waals surface area contributed by atoms with Gasteiger partial charge < -0.3 is 9.88 Å². The highest BCUT2D eigenvalue weighted by Crippen LogP contribution is 2.21. The molecule has 0 radical (unpaired) electrons. The van der Waals surface area contributed by atoms with Crippen molar-refractivity contribution in [3.05, 3.63) is 17.2 Å². The number of imidazole rings is 1. The molecule has 0 bridgehead atoms. The number of nitrogens with zero attached hydrogens (tertiary/aromatic N) is 2. The van der Waals surface area contributed by atoms with E-state index in [2.05, 4.69) is 35.8 Å². The van der Waals surface area contributed by atoms with E-state index in [0.717, 1.165) is 25.9 Å². The van der Waals surface area contributed by atoms with Crippen LogP contribution in [0.3, 0.4) is 0 Å². The van der Waals surface area contributed by atoms with E-state index < -0.39 is 0 Å². The molecule has 1 unspecified atom stereocenters. The maximum atomic E-state index is 4.67. The molecule has 0 spiro atoms. The Labute approximate surface area is 85.5 Å². The Balaban J connectivity index is 2.23. The highest BCUT2D eigenvalue weighted by Gasteiger charge is 2.18. The molecule has 78 valence electrons. The first kappa shape index (κ1) is 9.71. The fourth-order valence-corrected chi connectivity index (χ4v) is 1.88. The summed E-state index contributed by atoms with van der Waals surface area (Å²) in [7, 11) is 2.16. The Morgan fingerprint density at radius 2 is 2.36 bits per heavy atom. The van der Waals surface area contributed by atoms with Crippen molar-refractivity contribution in [1.82, 2.24) is 14.9 Å². The zero-order chi connectivity index (χ0) is 10.1. The Bertz CT molecular complexity index is 316. The van der Waals surface area contributed by atoms with Crippen molar-refractivity contribution in [3.8, 4) is 0 Å². The van der Waals surface area contributed by atoms with E-state index in [4.69, 9.17) is 0 Å². The molecule has 1 aliphatic heterocycles. The quantitative estimate of drug-likeness (QED) is 0.778. The van der Waals surface area contributed by atoms with Crippen molar-refractivity contribution in [2.45, 2.75) is 39.2 Å². The van der Waals surface area contributed by atoms with Crippen molar-refractivity contribution >= 4 is 0 Å². The molecule has 0 aliphatic carbocycles. The van der Waals surface area contributed by atoms with Crippen molar-refractivity contribution in [3.63, 3.8) is 0 Å². The number of aromatic amines is 1. The maximum absolute atomic E-state index is 4.67. The third-order valence-corrected chi connectivity index (χ3v) is 3.12. The average molecular weight is 193 g/mol. The SMILES string of the molecule is CCC(C)c1nc2c([nH]1)CN(C)CC2. The normalized spacial score (nSPS) is 19.4. The molecule has 3 nitrogen and oxygen atoms in total. The van der Waals surface area contributed by atoms with Gasteiger partial charge in [0.2, 0.25) is 0 Å². The van der Waals surface area contributed by atoms with Gasteiger partial charge >= 0.3 is 0 Å². The summed E-state index contributed by atoms with van der Waals surface area (Å²) < 4.78 is 0. The zero-order valence-corrected chi connectivity index (χ0v) is 9.30. The molecule has 3 heteroatoms. The number of hydrogen-bond acceptors (Lipinski definition) is 2. The van der Waals surface area contributed by atoms with Crippen LogP contribution in [-0.4, -0.2) is 28.5 Å². The van der Waals surface area contributed by atoms with Crippen LogP contribution in [0.5, 0.6) is 0 Å². The maximum Gasteiger partial charge on any atom is 0.109 e. The van der Waals surface area contributed by atoms with Gasteiger partial charge in [-0.15, -0.1) is 0 Å². The lowest BCUT2D eigenvalue weighted by atomic mass is 10.1. The topological polar surface area (TPSA) is 31.9 Å². The number of H-pyrrole nitrogens is 1. The lowest BCUT2D eigenvalue weighted by Crippen LogP contribution is -2.26. The Morgan fingerprint density at radius 1 is 1.57 bits per heavy atom. The number of fused-ring (bicyclic) bond motifs is 1. The Hall–Kier alpha value is -0.830. The summed E-state index contributed by atoms with van der Waals surface area (Å²) in [4.78, 5) is 10.5. The Morgan fingerprint density at radius 3 is 3.07 bits per heavy atom. The van der Waals surface area contributed by atoms with Crippen LogP contribution < -0.4 is 0 Å². The molecule has 0 fully saturated rings. The molecule has 0 amide bonds. The number of nitrogens with one attached hydrogen (secondary N) is 1. The molecule has 1 N–H and O–H groups in total. The van der Waals surface area contributed by atoms with Gasteiger partial charge in [0.15, 0.2) is 0 Å². The van der Waals surface area contributed by atoms with Crippen LogP contribution in [0.2, 0.25) is 0 Å². The van der Waals surface area contributed by atoms with Crippen LogP contribution in [0, 0.1) is 0 Å². The van der Waals surface area contributed by atoms with Gasteiger partial charge in [-0.3, -0.25) is 0 Å². The van der Waals surface area contributed by atoms with Crippen LogP contribution in [0.15, 0.2) is 0 Å². The predicted molar refractivity (Wildman–Crippen MR) is 57.3 cm³/mol. The summed E-state index contributed by atoms with van der Waals surface area (Å²) in [6.45, 7) is 6.60. The summed E-state index contributed by atoms with van der Waals surface area (Å²) in [5, 5.41) is 0. The van der Waals surface area contributed by atoms with E-state index in [1.807, 2.05) is 0 Å². The highest BCUT2D eigenvalue weighted by atomic mass is 15.1. The van der Waals surface area contributed by atoms with Gasteiger partial charge in [0.25, 0.3) is 0 Å². The molecule has 2 rings (SSSR count). The van der Waals surface area contributed by atoms with E-state index in [-0.39, 0.29) is 0 Å². The zero-order valence-electron chi connectivity index (χ0n) is 9.30. The van der Waals surface area contributed by atoms with Gasteiger partial charge in [-0.1, -0.05) is 13.8 Å².